The van der Waals surface area contributed by atoms with Crippen LogP contribution in [0.2, 0.25) is 0 Å². The average molecular weight is 574 g/mol. The zero-order chi connectivity index (χ0) is 29.5. The van der Waals surface area contributed by atoms with Gasteiger partial charge in [0.2, 0.25) is 5.95 Å². The van der Waals surface area contributed by atoms with E-state index in [0.717, 1.165) is 0 Å². The third kappa shape index (κ3) is 5.38. The number of amides is 1. The number of aliphatic carboxylic acids is 1. The minimum atomic E-state index is -5.18. The summed E-state index contributed by atoms with van der Waals surface area (Å²) in [5.74, 6) is -4.42. The zero-order valence-corrected chi connectivity index (χ0v) is 22.1. The first kappa shape index (κ1) is 28.2. The topological polar surface area (TPSA) is 101 Å². The van der Waals surface area contributed by atoms with E-state index in [2.05, 4.69) is 10.3 Å². The lowest BCUT2D eigenvalue weighted by atomic mass is 9.89. The fraction of sp³-hybridized carbons (Fsp3) is 0.345. The Bertz CT molecular complexity index is 1460. The molecule has 4 atom stereocenters. The van der Waals surface area contributed by atoms with E-state index in [-0.39, 0.29) is 30.7 Å². The Morgan fingerprint density at radius 3 is 2.56 bits per heavy atom. The Morgan fingerprint density at radius 1 is 1.12 bits per heavy atom. The summed E-state index contributed by atoms with van der Waals surface area (Å²) < 4.78 is 66.5. The molecular formula is C29H27F4N3O5. The molecule has 2 unspecified atom stereocenters. The predicted molar refractivity (Wildman–Crippen MR) is 141 cm³/mol. The standard InChI is InChI=1S/C29H27F4N3O5/c1-3-21(16-7-10-25(30)34-12-16)35-22-6-4-5-19-23(14-41-26(19)22)36(28(39)29(31,32)33)17-8-9-18-20(15(2)27(37)38)13-40-24(18)11-17/h4-12,15,20-21,23,35H,3,13-14H2,1-2H3,(H,37,38)/t15?,20-,21?,23+/m0/s1. The van der Waals surface area contributed by atoms with E-state index < -0.39 is 41.9 Å². The van der Waals surface area contributed by atoms with Gasteiger partial charge in [-0.2, -0.15) is 17.6 Å². The fourth-order valence-corrected chi connectivity index (χ4v) is 5.29. The summed E-state index contributed by atoms with van der Waals surface area (Å²) in [6.45, 7) is 3.27. The van der Waals surface area contributed by atoms with Gasteiger partial charge >= 0.3 is 18.1 Å². The van der Waals surface area contributed by atoms with Crippen molar-refractivity contribution in [2.75, 3.05) is 23.4 Å². The Balaban J connectivity index is 1.49. The third-order valence-electron chi connectivity index (χ3n) is 7.54. The number of fused-ring (bicyclic) bond motifs is 2. The fourth-order valence-electron chi connectivity index (χ4n) is 5.29. The lowest BCUT2D eigenvalue weighted by Gasteiger charge is -2.29. The van der Waals surface area contributed by atoms with Gasteiger partial charge in [0, 0.05) is 35.0 Å². The minimum absolute atomic E-state index is 0.0571. The first-order valence-electron chi connectivity index (χ1n) is 13.0. The molecule has 0 aliphatic carbocycles. The van der Waals surface area contributed by atoms with Crippen molar-refractivity contribution < 1.29 is 41.7 Å². The Hall–Kier alpha value is -4.35. The number of anilines is 2. The Kier molecular flexibility index (Phi) is 7.50. The molecular weight excluding hydrogens is 546 g/mol. The lowest BCUT2D eigenvalue weighted by Crippen LogP contribution is -2.44. The van der Waals surface area contributed by atoms with Gasteiger partial charge in [0.1, 0.15) is 18.1 Å². The monoisotopic (exact) mass is 573 g/mol. The van der Waals surface area contributed by atoms with Gasteiger partial charge in [-0.05, 0) is 30.2 Å². The highest BCUT2D eigenvalue weighted by Gasteiger charge is 2.48. The molecule has 3 aromatic rings. The quantitative estimate of drug-likeness (QED) is 0.252. The number of pyridine rings is 1. The van der Waals surface area contributed by atoms with Crippen molar-refractivity contribution in [3.63, 3.8) is 0 Å². The van der Waals surface area contributed by atoms with Gasteiger partial charge in [-0.15, -0.1) is 0 Å². The van der Waals surface area contributed by atoms with Crippen LogP contribution in [0, 0.1) is 11.9 Å². The number of ether oxygens (including phenoxy) is 2. The number of carbonyl (C=O) groups is 2. The number of halogens is 4. The van der Waals surface area contributed by atoms with E-state index in [0.29, 0.717) is 39.4 Å². The molecule has 5 rings (SSSR count). The number of para-hydroxylation sites is 1. The van der Waals surface area contributed by atoms with Gasteiger partial charge in [0.25, 0.3) is 0 Å². The molecule has 41 heavy (non-hydrogen) atoms. The molecule has 216 valence electrons. The van der Waals surface area contributed by atoms with Crippen LogP contribution in [0.3, 0.4) is 0 Å². The van der Waals surface area contributed by atoms with Crippen LogP contribution in [0.5, 0.6) is 11.5 Å². The van der Waals surface area contributed by atoms with Crippen molar-refractivity contribution in [2.45, 2.75) is 44.4 Å². The molecule has 0 fully saturated rings. The highest BCUT2D eigenvalue weighted by molar-refractivity contribution is 5.98. The van der Waals surface area contributed by atoms with Crippen molar-refractivity contribution in [3.8, 4) is 11.5 Å². The average Bonchev–Trinajstić information content (AvgIpc) is 3.56. The SMILES string of the molecule is CCC(Nc1cccc2c1OC[C@H]2N(C(=O)C(F)(F)F)c1ccc2c(c1)OC[C@H]2C(C)C(=O)O)c1ccc(F)nc1. The number of aromatic nitrogens is 1. The number of nitrogens with one attached hydrogen (secondary N) is 1. The van der Waals surface area contributed by atoms with Crippen LogP contribution < -0.4 is 19.7 Å². The molecule has 8 nitrogen and oxygen atoms in total. The van der Waals surface area contributed by atoms with Crippen LogP contribution in [0.1, 0.15) is 55.0 Å². The van der Waals surface area contributed by atoms with Gasteiger partial charge in [-0.25, -0.2) is 4.98 Å². The summed E-state index contributed by atoms with van der Waals surface area (Å²) in [6, 6.07) is 10.6. The number of hydrogen-bond acceptors (Lipinski definition) is 6. The third-order valence-corrected chi connectivity index (χ3v) is 7.54. The zero-order valence-electron chi connectivity index (χ0n) is 22.1. The predicted octanol–water partition coefficient (Wildman–Crippen LogP) is 6.01. The van der Waals surface area contributed by atoms with Crippen LogP contribution in [0.4, 0.5) is 28.9 Å². The Morgan fingerprint density at radius 2 is 1.90 bits per heavy atom. The second kappa shape index (κ2) is 10.9. The van der Waals surface area contributed by atoms with E-state index >= 15 is 0 Å². The van der Waals surface area contributed by atoms with Gasteiger partial charge < -0.3 is 19.9 Å². The van der Waals surface area contributed by atoms with E-state index in [1.807, 2.05) is 6.92 Å². The van der Waals surface area contributed by atoms with Crippen LogP contribution in [-0.4, -0.2) is 41.4 Å². The highest BCUT2D eigenvalue weighted by Crippen LogP contribution is 2.47. The normalized spacial score (nSPS) is 18.9. The molecule has 0 saturated heterocycles. The summed E-state index contributed by atoms with van der Waals surface area (Å²) in [5, 5.41) is 12.7. The number of carboxylic acid groups (broad SMARTS) is 1. The van der Waals surface area contributed by atoms with E-state index in [1.165, 1.54) is 37.4 Å². The van der Waals surface area contributed by atoms with Gasteiger partial charge in [0.15, 0.2) is 0 Å². The molecule has 0 bridgehead atoms. The molecule has 0 radical (unpaired) electrons. The summed E-state index contributed by atoms with van der Waals surface area (Å²) in [6.07, 6.45) is -3.18. The molecule has 1 aromatic heterocycles. The molecule has 2 N–H and O–H groups in total. The van der Waals surface area contributed by atoms with Crippen molar-refractivity contribution in [1.82, 2.24) is 4.98 Å². The van der Waals surface area contributed by atoms with Crippen molar-refractivity contribution in [3.05, 3.63) is 77.4 Å². The smallest absolute Gasteiger partial charge is 0.471 e. The van der Waals surface area contributed by atoms with Crippen LogP contribution in [0.25, 0.3) is 0 Å². The van der Waals surface area contributed by atoms with Gasteiger partial charge in [0.05, 0.1) is 30.3 Å². The summed E-state index contributed by atoms with van der Waals surface area (Å²) in [5.41, 5.74) is 2.09. The molecule has 2 aromatic carbocycles. The molecule has 3 heterocycles. The van der Waals surface area contributed by atoms with Gasteiger partial charge in [-0.3, -0.25) is 14.5 Å². The summed E-state index contributed by atoms with van der Waals surface area (Å²) >= 11 is 0. The molecule has 1 amide bonds. The number of rotatable bonds is 8. The van der Waals surface area contributed by atoms with E-state index in [9.17, 15) is 32.3 Å². The van der Waals surface area contributed by atoms with Gasteiger partial charge in [-0.1, -0.05) is 38.1 Å². The molecule has 2 aliphatic rings. The molecule has 2 aliphatic heterocycles. The van der Waals surface area contributed by atoms with Crippen molar-refractivity contribution >= 4 is 23.3 Å². The summed E-state index contributed by atoms with van der Waals surface area (Å²) in [4.78, 5) is 28.7. The molecule has 0 saturated carbocycles. The number of alkyl halides is 3. The summed E-state index contributed by atoms with van der Waals surface area (Å²) in [7, 11) is 0. The van der Waals surface area contributed by atoms with Crippen molar-refractivity contribution in [1.29, 1.82) is 0 Å². The maximum absolute atomic E-state index is 13.9. The van der Waals surface area contributed by atoms with E-state index in [4.69, 9.17) is 9.47 Å². The van der Waals surface area contributed by atoms with Crippen molar-refractivity contribution in [2.24, 2.45) is 5.92 Å². The lowest BCUT2D eigenvalue weighted by molar-refractivity contribution is -0.171. The number of carboxylic acids is 1. The largest absolute Gasteiger partial charge is 0.493 e. The number of benzene rings is 2. The number of hydrogen-bond donors (Lipinski definition) is 2. The van der Waals surface area contributed by atoms with E-state index in [1.54, 1.807) is 24.3 Å². The Labute approximate surface area is 232 Å². The van der Waals surface area contributed by atoms with Crippen LogP contribution in [0.15, 0.2) is 54.7 Å². The minimum Gasteiger partial charge on any atom is -0.493 e. The molecule has 0 spiro atoms. The molecule has 12 heteroatoms. The van der Waals surface area contributed by atoms with Crippen LogP contribution >= 0.6 is 0 Å². The number of nitrogens with zero attached hydrogens (tertiary/aromatic N) is 2. The second-order valence-corrected chi connectivity index (χ2v) is 10.0. The maximum Gasteiger partial charge on any atom is 0.471 e. The first-order chi connectivity index (χ1) is 19.5. The number of carbonyl (C=O) groups excluding carboxylic acids is 1. The first-order valence-corrected chi connectivity index (χ1v) is 13.0. The maximum atomic E-state index is 13.9. The second-order valence-electron chi connectivity index (χ2n) is 10.0. The highest BCUT2D eigenvalue weighted by atomic mass is 19.4. The van der Waals surface area contributed by atoms with Crippen LogP contribution in [-0.2, 0) is 9.59 Å².